The molecule has 3 aromatic carbocycles. The molecule has 1 atom stereocenters. The largest absolute Gasteiger partial charge is 0.497 e. The Morgan fingerprint density at radius 3 is 1.97 bits per heavy atom. The molecule has 3 rings (SSSR count). The molecule has 1 unspecified atom stereocenters. The van der Waals surface area contributed by atoms with Gasteiger partial charge in [-0.3, -0.25) is 0 Å². The average molecular weight is 426 g/mol. The summed E-state index contributed by atoms with van der Waals surface area (Å²) in [6, 6.07) is 21.3. The van der Waals surface area contributed by atoms with E-state index in [-0.39, 0.29) is 9.79 Å². The fourth-order valence-corrected chi connectivity index (χ4v) is 5.72. The van der Waals surface area contributed by atoms with Crippen molar-refractivity contribution < 1.29 is 17.4 Å². The van der Waals surface area contributed by atoms with Gasteiger partial charge in [-0.05, 0) is 55.5 Å². The second-order valence-electron chi connectivity index (χ2n) is 6.16. The maximum atomic E-state index is 13.7. The van der Waals surface area contributed by atoms with E-state index in [0.29, 0.717) is 11.3 Å². The first-order valence-electron chi connectivity index (χ1n) is 8.64. The van der Waals surface area contributed by atoms with Crippen molar-refractivity contribution in [2.24, 2.45) is 3.77 Å². The monoisotopic (exact) mass is 425 g/mol. The summed E-state index contributed by atoms with van der Waals surface area (Å²) in [6.45, 7) is 1.85. The molecule has 0 aliphatic rings. The predicted octanol–water partition coefficient (Wildman–Crippen LogP) is 4.23. The minimum atomic E-state index is -4.19. The third kappa shape index (κ3) is 5.05. The van der Waals surface area contributed by atoms with Crippen LogP contribution >= 0.6 is 0 Å². The van der Waals surface area contributed by atoms with Crippen LogP contribution in [0.25, 0.3) is 0 Å². The Kier molecular flexibility index (Phi) is 6.06. The van der Waals surface area contributed by atoms with Crippen LogP contribution in [0.3, 0.4) is 0 Å². The van der Waals surface area contributed by atoms with Gasteiger partial charge in [-0.2, -0.15) is 8.42 Å². The van der Waals surface area contributed by atoms with Crippen LogP contribution in [0.4, 0.5) is 0 Å². The highest BCUT2D eigenvalue weighted by molar-refractivity contribution is 8.06. The number of benzene rings is 3. The lowest BCUT2D eigenvalue weighted by Gasteiger charge is -2.06. The highest BCUT2D eigenvalue weighted by atomic mass is 32.3. The van der Waals surface area contributed by atoms with Gasteiger partial charge in [0.2, 0.25) is 0 Å². The fraction of sp³-hybridized carbons (Fsp3) is 0.0909. The number of rotatable bonds is 4. The molecule has 0 aromatic heterocycles. The molecule has 0 fully saturated rings. The second kappa shape index (κ2) is 8.52. The lowest BCUT2D eigenvalue weighted by atomic mass is 10.2. The zero-order chi connectivity index (χ0) is 20.9. The van der Waals surface area contributed by atoms with Crippen molar-refractivity contribution in [1.29, 1.82) is 0 Å². The van der Waals surface area contributed by atoms with E-state index < -0.39 is 19.8 Å². The molecule has 0 radical (unpaired) electrons. The van der Waals surface area contributed by atoms with Gasteiger partial charge in [0.15, 0.2) is 9.73 Å². The number of sulfonamides is 1. The van der Waals surface area contributed by atoms with Crippen molar-refractivity contribution in [3.63, 3.8) is 0 Å². The standard InChI is InChI=1S/C22H19NO4S2/c1-18-8-12-22(13-9-18)29(25,26)23-28(24,17-16-19-6-4-3-5-7-19)21-14-10-20(27-2)11-15-21/h3-15H,1-2H3. The van der Waals surface area contributed by atoms with E-state index in [0.717, 1.165) is 5.56 Å². The molecule has 0 saturated heterocycles. The third-order valence-electron chi connectivity index (χ3n) is 4.01. The van der Waals surface area contributed by atoms with Crippen molar-refractivity contribution >= 4 is 19.8 Å². The summed E-state index contributed by atoms with van der Waals surface area (Å²) in [5.74, 6) is 3.33. The lowest BCUT2D eigenvalue weighted by Crippen LogP contribution is -2.05. The summed E-state index contributed by atoms with van der Waals surface area (Å²) in [4.78, 5) is 0.156. The SMILES string of the molecule is COc1ccc(S(=O)(C#Cc2ccccc2)=NS(=O)(=O)c2ccc(C)cc2)cc1. The summed E-state index contributed by atoms with van der Waals surface area (Å²) < 4.78 is 48.2. The summed E-state index contributed by atoms with van der Waals surface area (Å²) in [5.41, 5.74) is 1.51. The van der Waals surface area contributed by atoms with E-state index in [1.54, 1.807) is 48.5 Å². The summed E-state index contributed by atoms with van der Waals surface area (Å²) in [7, 11) is -6.27. The molecular weight excluding hydrogens is 406 g/mol. The van der Waals surface area contributed by atoms with Gasteiger partial charge in [0, 0.05) is 10.8 Å². The summed E-state index contributed by atoms with van der Waals surface area (Å²) >= 11 is 0. The van der Waals surface area contributed by atoms with Crippen molar-refractivity contribution in [1.82, 2.24) is 0 Å². The van der Waals surface area contributed by atoms with Crippen LogP contribution in [0.15, 0.2) is 92.4 Å². The van der Waals surface area contributed by atoms with E-state index in [1.807, 2.05) is 13.0 Å². The molecule has 0 spiro atoms. The normalized spacial score (nSPS) is 12.9. The molecule has 7 heteroatoms. The summed E-state index contributed by atoms with van der Waals surface area (Å²) in [5, 5.41) is 2.59. The molecule has 0 aliphatic heterocycles. The van der Waals surface area contributed by atoms with Gasteiger partial charge >= 0.3 is 0 Å². The zero-order valence-corrected chi connectivity index (χ0v) is 17.5. The van der Waals surface area contributed by atoms with Crippen molar-refractivity contribution in [2.45, 2.75) is 16.7 Å². The smallest absolute Gasteiger partial charge is 0.291 e. The number of hydrogen-bond acceptors (Lipinski definition) is 4. The number of ether oxygens (including phenoxy) is 1. The molecule has 0 aliphatic carbocycles. The average Bonchev–Trinajstić information content (AvgIpc) is 2.73. The molecule has 29 heavy (non-hydrogen) atoms. The van der Waals surface area contributed by atoms with Crippen LogP contribution in [-0.4, -0.2) is 19.7 Å². The molecule has 0 bridgehead atoms. The van der Waals surface area contributed by atoms with E-state index >= 15 is 0 Å². The Morgan fingerprint density at radius 2 is 1.38 bits per heavy atom. The first-order chi connectivity index (χ1) is 13.8. The fourth-order valence-electron chi connectivity index (χ4n) is 2.42. The minimum Gasteiger partial charge on any atom is -0.497 e. The summed E-state index contributed by atoms with van der Waals surface area (Å²) in [6.07, 6.45) is 0. The van der Waals surface area contributed by atoms with Gasteiger partial charge in [0.1, 0.15) is 5.75 Å². The molecule has 0 heterocycles. The maximum absolute atomic E-state index is 13.7. The molecule has 148 valence electrons. The Morgan fingerprint density at radius 1 is 0.793 bits per heavy atom. The van der Waals surface area contributed by atoms with Crippen LogP contribution in [0.5, 0.6) is 5.75 Å². The first-order valence-corrected chi connectivity index (χ1v) is 11.6. The molecule has 3 aromatic rings. The van der Waals surface area contributed by atoms with Crippen molar-refractivity contribution in [3.8, 4) is 16.9 Å². The van der Waals surface area contributed by atoms with Crippen LogP contribution in [-0.2, 0) is 19.8 Å². The molecule has 0 saturated carbocycles. The lowest BCUT2D eigenvalue weighted by molar-refractivity contribution is 0.414. The van der Waals surface area contributed by atoms with Gasteiger partial charge in [0.05, 0.1) is 16.9 Å². The van der Waals surface area contributed by atoms with E-state index in [2.05, 4.69) is 14.9 Å². The van der Waals surface area contributed by atoms with E-state index in [9.17, 15) is 12.6 Å². The van der Waals surface area contributed by atoms with Crippen LogP contribution < -0.4 is 4.74 Å². The molecule has 0 N–H and O–H groups in total. The van der Waals surface area contributed by atoms with Gasteiger partial charge < -0.3 is 4.74 Å². The molecule has 5 nitrogen and oxygen atoms in total. The molecule has 0 amide bonds. The third-order valence-corrected chi connectivity index (χ3v) is 7.79. The van der Waals surface area contributed by atoms with Crippen molar-refractivity contribution in [3.05, 3.63) is 90.0 Å². The quantitative estimate of drug-likeness (QED) is 0.587. The number of aryl methyl sites for hydroxylation is 1. The molecular formula is C22H19NO4S2. The van der Waals surface area contributed by atoms with Crippen LogP contribution in [0.1, 0.15) is 11.1 Å². The minimum absolute atomic E-state index is 0.0363. The Balaban J connectivity index is 2.19. The number of methoxy groups -OCH3 is 1. The van der Waals surface area contributed by atoms with Gasteiger partial charge in [0.25, 0.3) is 10.0 Å². The number of hydrogen-bond donors (Lipinski definition) is 0. The van der Waals surface area contributed by atoms with Gasteiger partial charge in [-0.25, -0.2) is 4.21 Å². The predicted molar refractivity (Wildman–Crippen MR) is 114 cm³/mol. The van der Waals surface area contributed by atoms with Gasteiger partial charge in [-0.15, -0.1) is 0 Å². The highest BCUT2D eigenvalue weighted by Gasteiger charge is 2.19. The zero-order valence-electron chi connectivity index (χ0n) is 15.9. The Labute approximate surface area is 171 Å². The van der Waals surface area contributed by atoms with Crippen LogP contribution in [0.2, 0.25) is 0 Å². The van der Waals surface area contributed by atoms with Crippen LogP contribution in [0, 0.1) is 18.1 Å². The maximum Gasteiger partial charge on any atom is 0.291 e. The second-order valence-corrected chi connectivity index (χ2v) is 9.90. The van der Waals surface area contributed by atoms with E-state index in [1.165, 1.54) is 31.4 Å². The number of nitrogens with zero attached hydrogens (tertiary/aromatic N) is 1. The Hall–Kier alpha value is -3.08. The Bertz CT molecular complexity index is 1280. The topological polar surface area (TPSA) is 72.8 Å². The van der Waals surface area contributed by atoms with Gasteiger partial charge in [-0.1, -0.05) is 45.6 Å². The van der Waals surface area contributed by atoms with Crippen molar-refractivity contribution in [2.75, 3.05) is 7.11 Å². The first kappa shape index (κ1) is 20.6. The van der Waals surface area contributed by atoms with E-state index in [4.69, 9.17) is 4.74 Å². The highest BCUT2D eigenvalue weighted by Crippen LogP contribution is 2.22.